The van der Waals surface area contributed by atoms with Gasteiger partial charge in [-0.05, 0) is 108 Å². The second-order valence-electron chi connectivity index (χ2n) is 11.1. The number of carboxylic acid groups (broad SMARTS) is 1. The fourth-order valence-electron chi connectivity index (χ4n) is 7.43. The van der Waals surface area contributed by atoms with E-state index in [1.807, 2.05) is 24.3 Å². The van der Waals surface area contributed by atoms with Gasteiger partial charge in [0.25, 0.3) is 0 Å². The van der Waals surface area contributed by atoms with Gasteiger partial charge in [-0.25, -0.2) is 4.79 Å². The first-order valence-electron chi connectivity index (χ1n) is 13.0. The number of carboxylic acids is 1. The lowest BCUT2D eigenvalue weighted by molar-refractivity contribution is -0.131. The lowest BCUT2D eigenvalue weighted by Crippen LogP contribution is -2.48. The Hall–Kier alpha value is -3.04. The van der Waals surface area contributed by atoms with Crippen LogP contribution in [0.4, 0.5) is 0 Å². The van der Waals surface area contributed by atoms with E-state index in [0.717, 1.165) is 40.7 Å². The molecule has 0 atom stereocenters. The molecule has 184 valence electrons. The quantitative estimate of drug-likeness (QED) is 0.334. The molecule has 3 aromatic carbocycles. The van der Waals surface area contributed by atoms with Crippen LogP contribution < -0.4 is 4.74 Å². The maximum Gasteiger partial charge on any atom is 0.328 e. The van der Waals surface area contributed by atoms with E-state index in [1.165, 1.54) is 55.7 Å². The highest BCUT2D eigenvalue weighted by Gasteiger charge is 2.52. The highest BCUT2D eigenvalue weighted by molar-refractivity contribution is 6.32. The predicted octanol–water partition coefficient (Wildman–Crippen LogP) is 8.15. The Balaban J connectivity index is 1.37. The van der Waals surface area contributed by atoms with Crippen LogP contribution in [0.5, 0.6) is 5.75 Å². The van der Waals surface area contributed by atoms with Crippen LogP contribution in [0.15, 0.2) is 72.8 Å². The molecule has 1 N–H and O–H groups in total. The van der Waals surface area contributed by atoms with Crippen LogP contribution in [0.3, 0.4) is 0 Å². The van der Waals surface area contributed by atoms with Gasteiger partial charge < -0.3 is 9.84 Å². The number of hydrogen-bond donors (Lipinski definition) is 1. The molecule has 4 saturated carbocycles. The Labute approximate surface area is 217 Å². The number of benzene rings is 3. The van der Waals surface area contributed by atoms with Gasteiger partial charge in [-0.1, -0.05) is 60.1 Å². The molecule has 0 spiro atoms. The van der Waals surface area contributed by atoms with Gasteiger partial charge in [-0.15, -0.1) is 0 Å². The lowest BCUT2D eigenvalue weighted by Gasteiger charge is -2.57. The molecular formula is C32H31ClO3. The lowest BCUT2D eigenvalue weighted by atomic mass is 9.48. The molecular weight excluding hydrogens is 468 g/mol. The van der Waals surface area contributed by atoms with Crippen molar-refractivity contribution in [1.29, 1.82) is 0 Å². The Morgan fingerprint density at radius 1 is 0.917 bits per heavy atom. The van der Waals surface area contributed by atoms with Gasteiger partial charge in [0.15, 0.2) is 0 Å². The topological polar surface area (TPSA) is 46.5 Å². The third kappa shape index (κ3) is 4.57. The maximum atomic E-state index is 10.9. The van der Waals surface area contributed by atoms with Gasteiger partial charge >= 0.3 is 5.97 Å². The first kappa shape index (κ1) is 23.4. The number of carbonyl (C=O) groups is 1. The average Bonchev–Trinajstić information content (AvgIpc) is 2.86. The van der Waals surface area contributed by atoms with Crippen molar-refractivity contribution in [2.75, 3.05) is 0 Å². The van der Waals surface area contributed by atoms with Gasteiger partial charge in [-0.2, -0.15) is 0 Å². The summed E-state index contributed by atoms with van der Waals surface area (Å²) in [5, 5.41) is 9.49. The molecule has 0 radical (unpaired) electrons. The second-order valence-corrected chi connectivity index (χ2v) is 11.5. The van der Waals surface area contributed by atoms with Crippen molar-refractivity contribution in [3.8, 4) is 16.9 Å². The normalized spacial score (nSPS) is 26.4. The Morgan fingerprint density at radius 2 is 1.56 bits per heavy atom. The van der Waals surface area contributed by atoms with E-state index in [-0.39, 0.29) is 5.41 Å². The maximum absolute atomic E-state index is 10.9. The van der Waals surface area contributed by atoms with Crippen molar-refractivity contribution < 1.29 is 14.6 Å². The molecule has 0 amide bonds. The van der Waals surface area contributed by atoms with Crippen LogP contribution in [0.25, 0.3) is 17.2 Å². The van der Waals surface area contributed by atoms with Gasteiger partial charge in [0.2, 0.25) is 0 Å². The number of ether oxygens (including phenoxy) is 1. The number of halogens is 1. The van der Waals surface area contributed by atoms with E-state index < -0.39 is 5.97 Å². The highest BCUT2D eigenvalue weighted by Crippen LogP contribution is 2.62. The van der Waals surface area contributed by atoms with Crippen LogP contribution in [0.2, 0.25) is 5.02 Å². The summed E-state index contributed by atoms with van der Waals surface area (Å²) in [6.45, 7) is 0.565. The van der Waals surface area contributed by atoms with E-state index in [2.05, 4.69) is 42.5 Å². The summed E-state index contributed by atoms with van der Waals surface area (Å²) in [7, 11) is 0. The van der Waals surface area contributed by atoms with Crippen LogP contribution in [0, 0.1) is 17.8 Å². The summed E-state index contributed by atoms with van der Waals surface area (Å²) < 4.78 is 6.51. The summed E-state index contributed by atoms with van der Waals surface area (Å²) in [6, 6.07) is 22.9. The SMILES string of the molecule is O=C(O)C=Cc1ccc(-c2ccc(OCc3ccccc3)c(C34CC5CC(CC(C5)C3)C4)c2)cc1Cl. The number of aliphatic carboxylic acids is 1. The molecule has 4 fully saturated rings. The smallest absolute Gasteiger partial charge is 0.328 e. The van der Waals surface area contributed by atoms with Crippen LogP contribution >= 0.6 is 11.6 Å². The van der Waals surface area contributed by atoms with E-state index in [9.17, 15) is 4.79 Å². The third-order valence-corrected chi connectivity index (χ3v) is 8.89. The van der Waals surface area contributed by atoms with Gasteiger partial charge in [0.1, 0.15) is 12.4 Å². The molecule has 36 heavy (non-hydrogen) atoms. The van der Waals surface area contributed by atoms with E-state index >= 15 is 0 Å². The fourth-order valence-corrected chi connectivity index (χ4v) is 7.67. The zero-order valence-corrected chi connectivity index (χ0v) is 21.1. The molecule has 0 saturated heterocycles. The van der Waals surface area contributed by atoms with Gasteiger partial charge in [0, 0.05) is 16.7 Å². The number of rotatable bonds is 7. The fraction of sp³-hybridized carbons (Fsp3) is 0.344. The molecule has 3 aromatic rings. The Kier molecular flexibility index (Phi) is 6.13. The van der Waals surface area contributed by atoms with Crippen molar-refractivity contribution >= 4 is 23.6 Å². The molecule has 0 aliphatic heterocycles. The average molecular weight is 499 g/mol. The van der Waals surface area contributed by atoms with Crippen molar-refractivity contribution in [2.24, 2.45) is 17.8 Å². The van der Waals surface area contributed by atoms with E-state index in [1.54, 1.807) is 0 Å². The van der Waals surface area contributed by atoms with Crippen molar-refractivity contribution in [3.05, 3.63) is 94.5 Å². The molecule has 0 aromatic heterocycles. The van der Waals surface area contributed by atoms with Crippen LogP contribution in [0.1, 0.15) is 55.2 Å². The van der Waals surface area contributed by atoms with Crippen LogP contribution in [-0.2, 0) is 16.8 Å². The number of hydrogen-bond acceptors (Lipinski definition) is 2. The van der Waals surface area contributed by atoms with E-state index in [4.69, 9.17) is 21.4 Å². The molecule has 3 nitrogen and oxygen atoms in total. The predicted molar refractivity (Wildman–Crippen MR) is 144 cm³/mol. The Morgan fingerprint density at radius 3 is 2.19 bits per heavy atom. The standard InChI is InChI=1S/C32H31ClO3/c33-29-16-27(7-6-25(29)9-11-31(34)35)26-8-10-30(36-20-21-4-2-1-3-5-21)28(15-26)32-17-22-12-23(18-32)14-24(13-22)19-32/h1-11,15-16,22-24H,12-14,17-20H2,(H,34,35). The highest BCUT2D eigenvalue weighted by atomic mass is 35.5. The first-order valence-corrected chi connectivity index (χ1v) is 13.4. The van der Waals surface area contributed by atoms with Crippen molar-refractivity contribution in [3.63, 3.8) is 0 Å². The van der Waals surface area contributed by atoms with Crippen molar-refractivity contribution in [1.82, 2.24) is 0 Å². The molecule has 7 rings (SSSR count). The minimum absolute atomic E-state index is 0.199. The minimum Gasteiger partial charge on any atom is -0.489 e. The van der Waals surface area contributed by atoms with Crippen molar-refractivity contribution in [2.45, 2.75) is 50.5 Å². The minimum atomic E-state index is -0.985. The molecule has 0 heterocycles. The second kappa shape index (κ2) is 9.44. The molecule has 4 aliphatic carbocycles. The summed E-state index contributed by atoms with van der Waals surface area (Å²) in [5.74, 6) is 2.56. The summed E-state index contributed by atoms with van der Waals surface area (Å²) in [5.41, 5.74) is 5.60. The molecule has 4 bridgehead atoms. The zero-order chi connectivity index (χ0) is 24.7. The van der Waals surface area contributed by atoms with E-state index in [0.29, 0.717) is 17.2 Å². The first-order chi connectivity index (χ1) is 17.5. The monoisotopic (exact) mass is 498 g/mol. The van der Waals surface area contributed by atoms with Crippen LogP contribution in [-0.4, -0.2) is 11.1 Å². The Bertz CT molecular complexity index is 1270. The van der Waals surface area contributed by atoms with Gasteiger partial charge in [0.05, 0.1) is 0 Å². The summed E-state index contributed by atoms with van der Waals surface area (Å²) in [4.78, 5) is 10.9. The summed E-state index contributed by atoms with van der Waals surface area (Å²) in [6.07, 6.45) is 10.7. The summed E-state index contributed by atoms with van der Waals surface area (Å²) >= 11 is 6.54. The molecule has 4 heteroatoms. The third-order valence-electron chi connectivity index (χ3n) is 8.57. The molecule has 4 aliphatic rings. The largest absolute Gasteiger partial charge is 0.489 e. The zero-order valence-electron chi connectivity index (χ0n) is 20.3. The molecule has 0 unspecified atom stereocenters. The van der Waals surface area contributed by atoms with Gasteiger partial charge in [-0.3, -0.25) is 0 Å².